The molecular weight excluding hydrogens is 232 g/mol. The highest BCUT2D eigenvalue weighted by Gasteiger charge is 2.67. The lowest BCUT2D eigenvalue weighted by Crippen LogP contribution is -2.47. The lowest BCUT2D eigenvalue weighted by molar-refractivity contribution is 0.0673. The van der Waals surface area contributed by atoms with Gasteiger partial charge >= 0.3 is 8.80 Å². The summed E-state index contributed by atoms with van der Waals surface area (Å²) in [5.74, 6) is 1.67. The summed E-state index contributed by atoms with van der Waals surface area (Å²) < 4.78 is 18.1. The Morgan fingerprint density at radius 3 is 1.59 bits per heavy atom. The van der Waals surface area contributed by atoms with Crippen molar-refractivity contribution in [1.82, 2.24) is 0 Å². The molecule has 0 aliphatic heterocycles. The van der Waals surface area contributed by atoms with Gasteiger partial charge in [0.1, 0.15) is 0 Å². The number of hydrogen-bond donors (Lipinski definition) is 0. The van der Waals surface area contributed by atoms with Crippen LogP contribution in [0.1, 0.15) is 46.5 Å². The molecule has 0 saturated heterocycles. The molecule has 2 atom stereocenters. The second-order valence-electron chi connectivity index (χ2n) is 5.04. The summed E-state index contributed by atoms with van der Waals surface area (Å²) in [6.07, 6.45) is 5.48. The Morgan fingerprint density at radius 1 is 0.824 bits per heavy atom. The van der Waals surface area contributed by atoms with Gasteiger partial charge in [0, 0.05) is 25.4 Å². The van der Waals surface area contributed by atoms with Crippen LogP contribution in [0.3, 0.4) is 0 Å². The molecule has 17 heavy (non-hydrogen) atoms. The van der Waals surface area contributed by atoms with E-state index in [2.05, 4.69) is 0 Å². The van der Waals surface area contributed by atoms with Gasteiger partial charge < -0.3 is 13.3 Å². The summed E-state index contributed by atoms with van der Waals surface area (Å²) in [4.78, 5) is 0. The van der Waals surface area contributed by atoms with Crippen LogP contribution in [0.2, 0.25) is 5.54 Å². The summed E-state index contributed by atoms with van der Waals surface area (Å²) in [6, 6.07) is 0. The van der Waals surface area contributed by atoms with Crippen LogP contribution in [-0.4, -0.2) is 28.6 Å². The molecule has 4 heteroatoms. The van der Waals surface area contributed by atoms with E-state index in [-0.39, 0.29) is 0 Å². The molecule has 2 aliphatic rings. The van der Waals surface area contributed by atoms with Crippen LogP contribution in [0.4, 0.5) is 0 Å². The largest absolute Gasteiger partial charge is 0.504 e. The summed E-state index contributed by atoms with van der Waals surface area (Å²) in [7, 11) is -2.39. The van der Waals surface area contributed by atoms with Gasteiger partial charge in [-0.15, -0.1) is 0 Å². The average Bonchev–Trinajstić information content (AvgIpc) is 3.04. The fourth-order valence-corrected chi connectivity index (χ4v) is 7.33. The molecule has 0 N–H and O–H groups in total. The fourth-order valence-electron chi connectivity index (χ4n) is 3.53. The van der Waals surface area contributed by atoms with Crippen molar-refractivity contribution in [2.75, 3.05) is 19.8 Å². The molecule has 3 nitrogen and oxygen atoms in total. The molecule has 2 fully saturated rings. The van der Waals surface area contributed by atoms with E-state index >= 15 is 0 Å². The molecule has 2 aliphatic carbocycles. The Labute approximate surface area is 106 Å². The first-order chi connectivity index (χ1) is 8.29. The summed E-state index contributed by atoms with van der Waals surface area (Å²) in [5.41, 5.74) is 0.602. The summed E-state index contributed by atoms with van der Waals surface area (Å²) in [5, 5.41) is 0. The zero-order valence-corrected chi connectivity index (χ0v) is 12.4. The highest BCUT2D eigenvalue weighted by Crippen LogP contribution is 2.64. The number of hydrogen-bond acceptors (Lipinski definition) is 3. The van der Waals surface area contributed by atoms with Gasteiger partial charge in [-0.1, -0.05) is 12.8 Å². The highest BCUT2D eigenvalue weighted by atomic mass is 28.4. The van der Waals surface area contributed by atoms with Crippen molar-refractivity contribution in [3.63, 3.8) is 0 Å². The van der Waals surface area contributed by atoms with Gasteiger partial charge in [-0.2, -0.15) is 0 Å². The van der Waals surface area contributed by atoms with Crippen molar-refractivity contribution < 1.29 is 13.3 Å². The molecule has 0 aromatic heterocycles. The molecule has 2 unspecified atom stereocenters. The van der Waals surface area contributed by atoms with Crippen molar-refractivity contribution in [3.8, 4) is 0 Å². The maximum absolute atomic E-state index is 6.02. The number of fused-ring (bicyclic) bond motifs is 1. The molecule has 0 amide bonds. The Kier molecular flexibility index (Phi) is 4.63. The van der Waals surface area contributed by atoms with Gasteiger partial charge in [0.25, 0.3) is 0 Å². The zero-order valence-electron chi connectivity index (χ0n) is 11.4. The van der Waals surface area contributed by atoms with E-state index in [1.165, 1.54) is 25.7 Å². The third kappa shape index (κ3) is 2.60. The van der Waals surface area contributed by atoms with Crippen molar-refractivity contribution in [1.29, 1.82) is 0 Å². The van der Waals surface area contributed by atoms with Crippen LogP contribution in [0.5, 0.6) is 0 Å². The third-order valence-corrected chi connectivity index (χ3v) is 7.85. The normalized spacial score (nSPS) is 32.3. The zero-order chi connectivity index (χ0) is 12.3. The quantitative estimate of drug-likeness (QED) is 0.656. The Balaban J connectivity index is 2.08. The molecular formula is C13H26O3Si. The Hall–Kier alpha value is 0.0969. The van der Waals surface area contributed by atoms with Gasteiger partial charge in [-0.3, -0.25) is 0 Å². The van der Waals surface area contributed by atoms with E-state index in [9.17, 15) is 0 Å². The highest BCUT2D eigenvalue weighted by molar-refractivity contribution is 6.63. The van der Waals surface area contributed by atoms with Crippen molar-refractivity contribution in [2.45, 2.75) is 52.0 Å². The van der Waals surface area contributed by atoms with Gasteiger partial charge in [-0.05, 0) is 45.4 Å². The third-order valence-electron chi connectivity index (χ3n) is 4.10. The van der Waals surface area contributed by atoms with Gasteiger partial charge in [-0.25, -0.2) is 0 Å². The van der Waals surface area contributed by atoms with Crippen molar-refractivity contribution in [2.24, 2.45) is 11.8 Å². The van der Waals surface area contributed by atoms with Crippen LogP contribution < -0.4 is 0 Å². The van der Waals surface area contributed by atoms with E-state index in [4.69, 9.17) is 13.3 Å². The monoisotopic (exact) mass is 258 g/mol. The molecule has 100 valence electrons. The minimum absolute atomic E-state index is 0.602. The van der Waals surface area contributed by atoms with E-state index in [0.717, 1.165) is 11.8 Å². The van der Waals surface area contributed by atoms with E-state index in [1.807, 2.05) is 20.8 Å². The lowest BCUT2D eigenvalue weighted by Gasteiger charge is -2.29. The SMILES string of the molecule is CCO[Si](OCC)(OCC)C1C2CCCCC21. The van der Waals surface area contributed by atoms with Gasteiger partial charge in [0.2, 0.25) is 0 Å². The maximum Gasteiger partial charge on any atom is 0.504 e. The van der Waals surface area contributed by atoms with Crippen molar-refractivity contribution in [3.05, 3.63) is 0 Å². The molecule has 0 aromatic rings. The fraction of sp³-hybridized carbons (Fsp3) is 1.00. The molecule has 0 heterocycles. The maximum atomic E-state index is 6.02. The van der Waals surface area contributed by atoms with E-state index in [1.54, 1.807) is 0 Å². The molecule has 2 saturated carbocycles. The van der Waals surface area contributed by atoms with Crippen LogP contribution in [-0.2, 0) is 13.3 Å². The smallest absolute Gasteiger partial charge is 0.374 e. The van der Waals surface area contributed by atoms with Crippen LogP contribution >= 0.6 is 0 Å². The average molecular weight is 258 g/mol. The Bertz CT molecular complexity index is 218. The second-order valence-corrected chi connectivity index (χ2v) is 7.78. The van der Waals surface area contributed by atoms with E-state index < -0.39 is 8.80 Å². The lowest BCUT2D eigenvalue weighted by atomic mass is 10.0. The standard InChI is InChI=1S/C13H26O3Si/c1-4-14-17(15-5-2,16-6-3)13-11-9-7-8-10-12(11)13/h11-13H,4-10H2,1-3H3. The first kappa shape index (κ1) is 13.5. The summed E-state index contributed by atoms with van der Waals surface area (Å²) >= 11 is 0. The first-order valence-corrected chi connectivity index (χ1v) is 9.01. The Morgan fingerprint density at radius 2 is 1.24 bits per heavy atom. The van der Waals surface area contributed by atoms with Gasteiger partial charge in [0.05, 0.1) is 0 Å². The molecule has 0 radical (unpaired) electrons. The topological polar surface area (TPSA) is 27.7 Å². The van der Waals surface area contributed by atoms with Crippen LogP contribution in [0.25, 0.3) is 0 Å². The predicted octanol–water partition coefficient (Wildman–Crippen LogP) is 3.23. The first-order valence-electron chi connectivity index (χ1n) is 7.20. The molecule has 0 bridgehead atoms. The second kappa shape index (κ2) is 5.82. The van der Waals surface area contributed by atoms with Crippen molar-refractivity contribution >= 4 is 8.80 Å². The predicted molar refractivity (Wildman–Crippen MR) is 69.8 cm³/mol. The van der Waals surface area contributed by atoms with Crippen LogP contribution in [0.15, 0.2) is 0 Å². The molecule has 0 spiro atoms. The number of rotatable bonds is 7. The van der Waals surface area contributed by atoms with E-state index in [0.29, 0.717) is 25.4 Å². The summed E-state index contributed by atoms with van der Waals surface area (Å²) in [6.45, 7) is 8.27. The minimum atomic E-state index is -2.39. The van der Waals surface area contributed by atoms with Crippen LogP contribution in [0, 0.1) is 11.8 Å². The van der Waals surface area contributed by atoms with Gasteiger partial charge in [0.15, 0.2) is 0 Å². The molecule has 0 aromatic carbocycles. The molecule has 2 rings (SSSR count). The minimum Gasteiger partial charge on any atom is -0.374 e.